The zero-order valence-corrected chi connectivity index (χ0v) is 13.1. The Morgan fingerprint density at radius 2 is 1.45 bits per heavy atom. The van der Waals surface area contributed by atoms with Crippen LogP contribution in [0.5, 0.6) is 0 Å². The van der Waals surface area contributed by atoms with Gasteiger partial charge in [-0.2, -0.15) is 0 Å². The van der Waals surface area contributed by atoms with E-state index in [1.165, 1.54) is 0 Å². The third kappa shape index (κ3) is 3.38. The maximum absolute atomic E-state index is 6.06. The van der Waals surface area contributed by atoms with Crippen molar-refractivity contribution < 1.29 is 0 Å². The number of nitrogens with two attached hydrogens (primary N) is 1. The van der Waals surface area contributed by atoms with Crippen LogP contribution in [-0.2, 0) is 6.42 Å². The molecule has 0 unspecified atom stereocenters. The zero-order valence-electron chi connectivity index (χ0n) is 11.6. The molecule has 0 amide bonds. The molecule has 0 aliphatic carbocycles. The van der Waals surface area contributed by atoms with Gasteiger partial charge in [-0.25, -0.2) is 9.97 Å². The van der Waals surface area contributed by atoms with E-state index in [4.69, 9.17) is 28.9 Å². The standard InChI is InChI=1S/C17H13Cl2N3/c18-13-5-1-11(2-6-13)9-16-21-10-15(17(20)22-16)12-3-7-14(19)8-4-12/h1-8,10H,9H2,(H2,20,21,22). The number of nitrogens with zero attached hydrogens (tertiary/aromatic N) is 2. The van der Waals surface area contributed by atoms with Gasteiger partial charge >= 0.3 is 0 Å². The number of hydrogen-bond donors (Lipinski definition) is 1. The fraction of sp³-hybridized carbons (Fsp3) is 0.0588. The van der Waals surface area contributed by atoms with E-state index >= 15 is 0 Å². The molecule has 5 heteroatoms. The molecular weight excluding hydrogens is 317 g/mol. The molecule has 0 saturated heterocycles. The van der Waals surface area contributed by atoms with E-state index in [2.05, 4.69) is 9.97 Å². The fourth-order valence-electron chi connectivity index (χ4n) is 2.16. The Balaban J connectivity index is 1.85. The van der Waals surface area contributed by atoms with E-state index in [1.54, 1.807) is 6.20 Å². The molecule has 2 N–H and O–H groups in total. The summed E-state index contributed by atoms with van der Waals surface area (Å²) in [6.07, 6.45) is 2.36. The predicted molar refractivity (Wildman–Crippen MR) is 91.1 cm³/mol. The van der Waals surface area contributed by atoms with Gasteiger partial charge < -0.3 is 5.73 Å². The summed E-state index contributed by atoms with van der Waals surface area (Å²) < 4.78 is 0. The molecule has 0 aliphatic heterocycles. The van der Waals surface area contributed by atoms with Crippen LogP contribution >= 0.6 is 23.2 Å². The Hall–Kier alpha value is -2.10. The molecule has 0 bridgehead atoms. The first-order valence-corrected chi connectivity index (χ1v) is 7.49. The minimum atomic E-state index is 0.460. The van der Waals surface area contributed by atoms with E-state index in [1.807, 2.05) is 48.5 Å². The average Bonchev–Trinajstić information content (AvgIpc) is 2.51. The molecule has 0 saturated carbocycles. The molecule has 22 heavy (non-hydrogen) atoms. The van der Waals surface area contributed by atoms with Crippen molar-refractivity contribution in [2.24, 2.45) is 0 Å². The molecule has 3 rings (SSSR count). The Bertz CT molecular complexity index is 784. The maximum atomic E-state index is 6.06. The second-order valence-corrected chi connectivity index (χ2v) is 5.77. The molecule has 0 radical (unpaired) electrons. The van der Waals surface area contributed by atoms with Gasteiger partial charge in [-0.1, -0.05) is 47.5 Å². The molecule has 3 nitrogen and oxygen atoms in total. The molecule has 110 valence electrons. The second-order valence-electron chi connectivity index (χ2n) is 4.90. The lowest BCUT2D eigenvalue weighted by Crippen LogP contribution is -2.02. The SMILES string of the molecule is Nc1nc(Cc2ccc(Cl)cc2)ncc1-c1ccc(Cl)cc1. The quantitative estimate of drug-likeness (QED) is 0.762. The molecule has 0 atom stereocenters. The first-order valence-electron chi connectivity index (χ1n) is 6.73. The van der Waals surface area contributed by atoms with Crippen molar-refractivity contribution in [1.29, 1.82) is 0 Å². The summed E-state index contributed by atoms with van der Waals surface area (Å²) in [5.74, 6) is 1.14. The maximum Gasteiger partial charge on any atom is 0.135 e. The minimum Gasteiger partial charge on any atom is -0.383 e. The molecule has 0 aliphatic rings. The van der Waals surface area contributed by atoms with Gasteiger partial charge in [0.25, 0.3) is 0 Å². The van der Waals surface area contributed by atoms with Gasteiger partial charge in [-0.15, -0.1) is 0 Å². The van der Waals surface area contributed by atoms with Gasteiger partial charge in [-0.3, -0.25) is 0 Å². The lowest BCUT2D eigenvalue weighted by molar-refractivity contribution is 0.976. The Morgan fingerprint density at radius 1 is 0.864 bits per heavy atom. The molecule has 1 aromatic heterocycles. The summed E-state index contributed by atoms with van der Waals surface area (Å²) in [7, 11) is 0. The summed E-state index contributed by atoms with van der Waals surface area (Å²) >= 11 is 11.8. The monoisotopic (exact) mass is 329 g/mol. The lowest BCUT2D eigenvalue weighted by Gasteiger charge is -2.07. The van der Waals surface area contributed by atoms with E-state index in [-0.39, 0.29) is 0 Å². The van der Waals surface area contributed by atoms with Gasteiger partial charge in [0, 0.05) is 28.2 Å². The third-order valence-electron chi connectivity index (χ3n) is 3.30. The largest absolute Gasteiger partial charge is 0.383 e. The molecule has 1 heterocycles. The number of aromatic nitrogens is 2. The number of benzene rings is 2. The van der Waals surface area contributed by atoms with Crippen LogP contribution in [0.4, 0.5) is 5.82 Å². The first-order chi connectivity index (χ1) is 10.6. The van der Waals surface area contributed by atoms with Gasteiger partial charge in [-0.05, 0) is 35.4 Å². The van der Waals surface area contributed by atoms with Crippen molar-refractivity contribution in [3.05, 3.63) is 76.2 Å². The molecule has 2 aromatic carbocycles. The van der Waals surface area contributed by atoms with Crippen molar-refractivity contribution in [1.82, 2.24) is 9.97 Å². The van der Waals surface area contributed by atoms with Gasteiger partial charge in [0.2, 0.25) is 0 Å². The topological polar surface area (TPSA) is 51.8 Å². The number of nitrogen functional groups attached to an aromatic ring is 1. The molecule has 0 spiro atoms. The molecule has 0 fully saturated rings. The number of hydrogen-bond acceptors (Lipinski definition) is 3. The van der Waals surface area contributed by atoms with Crippen LogP contribution < -0.4 is 5.73 Å². The summed E-state index contributed by atoms with van der Waals surface area (Å²) in [5, 5.41) is 1.39. The summed E-state index contributed by atoms with van der Waals surface area (Å²) in [4.78, 5) is 8.79. The van der Waals surface area contributed by atoms with Crippen LogP contribution in [0, 0.1) is 0 Å². The number of anilines is 1. The van der Waals surface area contributed by atoms with Crippen LogP contribution in [0.2, 0.25) is 10.0 Å². The van der Waals surface area contributed by atoms with E-state index in [9.17, 15) is 0 Å². The highest BCUT2D eigenvalue weighted by atomic mass is 35.5. The van der Waals surface area contributed by atoms with E-state index in [0.717, 1.165) is 16.7 Å². The predicted octanol–water partition coefficient (Wildman–Crippen LogP) is 4.62. The van der Waals surface area contributed by atoms with Crippen LogP contribution in [-0.4, -0.2) is 9.97 Å². The van der Waals surface area contributed by atoms with Crippen molar-refractivity contribution in [2.75, 3.05) is 5.73 Å². The minimum absolute atomic E-state index is 0.460. The van der Waals surface area contributed by atoms with Crippen molar-refractivity contribution in [2.45, 2.75) is 6.42 Å². The zero-order chi connectivity index (χ0) is 15.5. The Kier molecular flexibility index (Phi) is 4.27. The van der Waals surface area contributed by atoms with Crippen molar-refractivity contribution >= 4 is 29.0 Å². The highest BCUT2D eigenvalue weighted by Gasteiger charge is 2.07. The molecule has 3 aromatic rings. The third-order valence-corrected chi connectivity index (χ3v) is 3.80. The van der Waals surface area contributed by atoms with E-state index in [0.29, 0.717) is 28.1 Å². The molecular formula is C17H13Cl2N3. The summed E-state index contributed by atoms with van der Waals surface area (Å²) in [5.41, 5.74) is 8.90. The first kappa shape index (κ1) is 14.8. The van der Waals surface area contributed by atoms with Gasteiger partial charge in [0.1, 0.15) is 11.6 Å². The summed E-state index contributed by atoms with van der Waals surface area (Å²) in [6, 6.07) is 15.0. The highest BCUT2D eigenvalue weighted by molar-refractivity contribution is 6.30. The highest BCUT2D eigenvalue weighted by Crippen LogP contribution is 2.25. The average molecular weight is 330 g/mol. The van der Waals surface area contributed by atoms with E-state index < -0.39 is 0 Å². The van der Waals surface area contributed by atoms with Crippen molar-refractivity contribution in [3.8, 4) is 11.1 Å². The van der Waals surface area contributed by atoms with Crippen LogP contribution in [0.15, 0.2) is 54.7 Å². The Labute approximate surface area is 138 Å². The summed E-state index contributed by atoms with van der Waals surface area (Å²) in [6.45, 7) is 0. The normalized spacial score (nSPS) is 10.6. The number of rotatable bonds is 3. The smallest absolute Gasteiger partial charge is 0.135 e. The van der Waals surface area contributed by atoms with Gasteiger partial charge in [0.05, 0.1) is 0 Å². The Morgan fingerprint density at radius 3 is 2.05 bits per heavy atom. The van der Waals surface area contributed by atoms with Crippen LogP contribution in [0.3, 0.4) is 0 Å². The number of halogens is 2. The second kappa shape index (κ2) is 6.34. The van der Waals surface area contributed by atoms with Crippen molar-refractivity contribution in [3.63, 3.8) is 0 Å². The van der Waals surface area contributed by atoms with Crippen LogP contribution in [0.1, 0.15) is 11.4 Å². The lowest BCUT2D eigenvalue weighted by atomic mass is 10.1. The van der Waals surface area contributed by atoms with Crippen LogP contribution in [0.25, 0.3) is 11.1 Å². The van der Waals surface area contributed by atoms with Gasteiger partial charge in [0.15, 0.2) is 0 Å². The fourth-order valence-corrected chi connectivity index (χ4v) is 2.41.